The second kappa shape index (κ2) is 12.0. The largest absolute Gasteiger partial charge is 0.365 e. The number of likely N-dealkylation sites (tertiary alicyclic amines) is 1. The van der Waals surface area contributed by atoms with Gasteiger partial charge < -0.3 is 24.5 Å². The summed E-state index contributed by atoms with van der Waals surface area (Å²) < 4.78 is 0. The van der Waals surface area contributed by atoms with E-state index in [2.05, 4.69) is 82.7 Å². The molecule has 1 radical (unpaired) electrons. The van der Waals surface area contributed by atoms with Crippen LogP contribution in [-0.2, 0) is 17.8 Å². The molecular formula is C33H39N8O. The van der Waals surface area contributed by atoms with Crippen molar-refractivity contribution in [1.29, 1.82) is 5.26 Å². The van der Waals surface area contributed by atoms with E-state index >= 15 is 0 Å². The van der Waals surface area contributed by atoms with Gasteiger partial charge in [-0.05, 0) is 62.5 Å². The Labute approximate surface area is 248 Å². The van der Waals surface area contributed by atoms with Crippen molar-refractivity contribution >= 4 is 34.1 Å². The predicted octanol–water partition coefficient (Wildman–Crippen LogP) is 3.64. The molecule has 0 unspecified atom stereocenters. The van der Waals surface area contributed by atoms with Gasteiger partial charge in [0.15, 0.2) is 0 Å². The summed E-state index contributed by atoms with van der Waals surface area (Å²) in [5.41, 5.74) is 3.39. The van der Waals surface area contributed by atoms with Crippen molar-refractivity contribution in [2.75, 3.05) is 68.1 Å². The number of likely N-dealkylation sites (N-methyl/N-ethyl adjacent to an activating group) is 2. The number of carbonyl (C=O) groups excluding carboxylic acids is 1. The Morgan fingerprint density at radius 2 is 2.02 bits per heavy atom. The van der Waals surface area contributed by atoms with Crippen LogP contribution in [0, 0.1) is 17.4 Å². The van der Waals surface area contributed by atoms with E-state index in [1.54, 1.807) is 4.90 Å². The first-order valence-corrected chi connectivity index (χ1v) is 15.0. The average molecular weight is 564 g/mol. The van der Waals surface area contributed by atoms with Gasteiger partial charge in [-0.1, -0.05) is 30.8 Å². The zero-order chi connectivity index (χ0) is 29.2. The molecule has 0 spiro atoms. The molecule has 42 heavy (non-hydrogen) atoms. The lowest BCUT2D eigenvalue weighted by Crippen LogP contribution is -2.55. The van der Waals surface area contributed by atoms with Crippen molar-refractivity contribution in [2.45, 2.75) is 44.3 Å². The fourth-order valence-corrected chi connectivity index (χ4v) is 6.78. The molecule has 217 valence electrons. The summed E-state index contributed by atoms with van der Waals surface area (Å²) in [5.74, 6) is 1.56. The molecule has 2 saturated heterocycles. The number of amides is 1. The number of aromatic nitrogens is 2. The van der Waals surface area contributed by atoms with Crippen LogP contribution in [0.15, 0.2) is 49.1 Å². The van der Waals surface area contributed by atoms with Crippen molar-refractivity contribution in [3.8, 4) is 6.07 Å². The van der Waals surface area contributed by atoms with Gasteiger partial charge in [0.05, 0.1) is 30.8 Å². The third-order valence-corrected chi connectivity index (χ3v) is 9.13. The van der Waals surface area contributed by atoms with Crippen molar-refractivity contribution < 1.29 is 4.79 Å². The van der Waals surface area contributed by atoms with Gasteiger partial charge in [-0.2, -0.15) is 10.2 Å². The second-order valence-corrected chi connectivity index (χ2v) is 11.7. The molecule has 9 heteroatoms. The Balaban J connectivity index is 1.36. The quantitative estimate of drug-likeness (QED) is 0.403. The van der Waals surface area contributed by atoms with Crippen LogP contribution in [0.25, 0.3) is 10.8 Å². The van der Waals surface area contributed by atoms with Gasteiger partial charge in [-0.3, -0.25) is 4.79 Å². The van der Waals surface area contributed by atoms with Crippen molar-refractivity contribution in [1.82, 2.24) is 19.8 Å². The molecular weight excluding hydrogens is 524 g/mol. The number of hydrogen-bond acceptors (Lipinski definition) is 8. The van der Waals surface area contributed by atoms with Crippen molar-refractivity contribution in [3.63, 3.8) is 0 Å². The summed E-state index contributed by atoms with van der Waals surface area (Å²) in [5, 5.41) is 12.0. The Bertz CT molecular complexity index is 1510. The predicted molar refractivity (Wildman–Crippen MR) is 167 cm³/mol. The van der Waals surface area contributed by atoms with E-state index in [-0.39, 0.29) is 18.4 Å². The van der Waals surface area contributed by atoms with Crippen LogP contribution in [0.2, 0.25) is 0 Å². The highest BCUT2D eigenvalue weighted by Crippen LogP contribution is 2.35. The lowest BCUT2D eigenvalue weighted by atomic mass is 10.0. The summed E-state index contributed by atoms with van der Waals surface area (Å²) in [7, 11) is 4.29. The maximum absolute atomic E-state index is 12.6. The number of nitrogens with zero attached hydrogens (tertiary/aromatic N) is 8. The highest BCUT2D eigenvalue weighted by atomic mass is 16.2. The summed E-state index contributed by atoms with van der Waals surface area (Å²) >= 11 is 0. The number of hydrogen-bond donors (Lipinski definition) is 0. The zero-order valence-corrected chi connectivity index (χ0v) is 24.7. The number of anilines is 3. The standard InChI is InChI=1S/C33H39N8O/c1-4-31(42)41-20-19-40(22-26(41)14-16-34)32-28-15-18-39(30-13-7-10-24-9-5-6-12-27(24)30)23-29(28)35-33(36-32)38(3)21-25-11-8-17-37(25)2/h4-6,9-10,12-13,25-26H,1,8,11,14-15,17-23H2,2-3H3/t25-,26-/m0/s1. The van der Waals surface area contributed by atoms with E-state index < -0.39 is 0 Å². The van der Waals surface area contributed by atoms with Gasteiger partial charge in [-0.25, -0.2) is 4.98 Å². The minimum absolute atomic E-state index is 0.122. The van der Waals surface area contributed by atoms with Gasteiger partial charge in [0, 0.05) is 62.5 Å². The Hall–Kier alpha value is -4.16. The van der Waals surface area contributed by atoms with Crippen LogP contribution < -0.4 is 14.7 Å². The van der Waals surface area contributed by atoms with Gasteiger partial charge >= 0.3 is 0 Å². The molecule has 2 aromatic carbocycles. The van der Waals surface area contributed by atoms with Crippen LogP contribution in [0.3, 0.4) is 0 Å². The topological polar surface area (TPSA) is 82.8 Å². The van der Waals surface area contributed by atoms with Gasteiger partial charge in [0.1, 0.15) is 5.82 Å². The molecule has 0 aliphatic carbocycles. The van der Waals surface area contributed by atoms with Crippen LogP contribution >= 0.6 is 0 Å². The molecule has 1 aromatic heterocycles. The molecule has 0 bridgehead atoms. The van der Waals surface area contributed by atoms with E-state index in [1.165, 1.54) is 40.9 Å². The van der Waals surface area contributed by atoms with E-state index in [9.17, 15) is 10.1 Å². The smallest absolute Gasteiger partial charge is 0.246 e. The molecule has 3 aliphatic rings. The van der Waals surface area contributed by atoms with Gasteiger partial charge in [-0.15, -0.1) is 0 Å². The number of benzene rings is 2. The fourth-order valence-electron chi connectivity index (χ4n) is 6.78. The number of carbonyl (C=O) groups is 1. The van der Waals surface area contributed by atoms with Crippen molar-refractivity contribution in [3.05, 3.63) is 66.4 Å². The number of nitriles is 1. The van der Waals surface area contributed by atoms with Crippen LogP contribution in [0.4, 0.5) is 17.5 Å². The van der Waals surface area contributed by atoms with E-state index in [0.717, 1.165) is 43.5 Å². The maximum atomic E-state index is 12.6. The Kier molecular flexibility index (Phi) is 7.98. The van der Waals surface area contributed by atoms with Crippen molar-refractivity contribution in [2.24, 2.45) is 0 Å². The summed E-state index contributed by atoms with van der Waals surface area (Å²) in [6.07, 6.45) is 4.84. The van der Waals surface area contributed by atoms with Crippen LogP contribution in [0.5, 0.6) is 0 Å². The zero-order valence-electron chi connectivity index (χ0n) is 24.7. The second-order valence-electron chi connectivity index (χ2n) is 11.7. The molecule has 3 aromatic rings. The third-order valence-electron chi connectivity index (χ3n) is 9.13. The summed E-state index contributed by atoms with van der Waals surface area (Å²) in [4.78, 5) is 34.0. The lowest BCUT2D eigenvalue weighted by Gasteiger charge is -2.42. The van der Waals surface area contributed by atoms with E-state index in [4.69, 9.17) is 9.97 Å². The first-order chi connectivity index (χ1) is 20.5. The Morgan fingerprint density at radius 1 is 1.17 bits per heavy atom. The molecule has 2 atom stereocenters. The van der Waals surface area contributed by atoms with Gasteiger partial charge in [0.2, 0.25) is 11.9 Å². The molecule has 0 saturated carbocycles. The third kappa shape index (κ3) is 5.39. The number of piperazine rings is 1. The first-order valence-electron chi connectivity index (χ1n) is 15.0. The highest BCUT2D eigenvalue weighted by Gasteiger charge is 2.34. The maximum Gasteiger partial charge on any atom is 0.246 e. The number of fused-ring (bicyclic) bond motifs is 2. The van der Waals surface area contributed by atoms with Crippen LogP contribution in [-0.4, -0.2) is 91.1 Å². The molecule has 3 aliphatic heterocycles. The Morgan fingerprint density at radius 3 is 2.81 bits per heavy atom. The first kappa shape index (κ1) is 28.0. The average Bonchev–Trinajstić information content (AvgIpc) is 3.43. The molecule has 1 amide bonds. The fraction of sp³-hybridized carbons (Fsp3) is 0.455. The number of rotatable bonds is 7. The van der Waals surface area contributed by atoms with Gasteiger partial charge in [0.25, 0.3) is 0 Å². The minimum atomic E-state index is -0.209. The summed E-state index contributed by atoms with van der Waals surface area (Å²) in [6.45, 7) is 8.96. The summed E-state index contributed by atoms with van der Waals surface area (Å²) in [6, 6.07) is 18.5. The molecule has 4 heterocycles. The molecule has 2 fully saturated rings. The normalized spacial score (nSPS) is 20.8. The van der Waals surface area contributed by atoms with E-state index in [1.807, 2.05) is 6.07 Å². The lowest BCUT2D eigenvalue weighted by molar-refractivity contribution is -0.128. The molecule has 6 rings (SSSR count). The minimum Gasteiger partial charge on any atom is -0.365 e. The SMILES string of the molecule is C=CC(=O)N1CCN(c2nc(N(C)C[C@@H]3CCCN3C)nc3c2CCN(c2c[c]cc4ccccc24)C3)C[C@@H]1CC#N. The van der Waals surface area contributed by atoms with E-state index in [0.29, 0.717) is 32.2 Å². The molecule has 0 N–H and O–H groups in total. The highest BCUT2D eigenvalue weighted by molar-refractivity contribution is 5.94. The van der Waals surface area contributed by atoms with Crippen LogP contribution in [0.1, 0.15) is 30.5 Å². The molecule has 9 nitrogen and oxygen atoms in total. The monoisotopic (exact) mass is 563 g/mol.